The zero-order valence-electron chi connectivity index (χ0n) is 6.46. The maximum Gasteiger partial charge on any atom is 0.278 e. The van der Waals surface area contributed by atoms with Gasteiger partial charge in [0.15, 0.2) is 11.2 Å². The van der Waals surface area contributed by atoms with Crippen molar-refractivity contribution in [3.05, 3.63) is 10.4 Å². The van der Waals surface area contributed by atoms with Gasteiger partial charge in [-0.3, -0.25) is 15.2 Å². The summed E-state index contributed by atoms with van der Waals surface area (Å²) in [6.45, 7) is 0. The van der Waals surface area contributed by atoms with E-state index in [1.807, 2.05) is 0 Å². The van der Waals surface area contributed by atoms with Crippen molar-refractivity contribution in [1.82, 2.24) is 19.9 Å². The van der Waals surface area contributed by atoms with Crippen LogP contribution in [0.4, 0.5) is 11.9 Å². The third kappa shape index (κ3) is 1.08. The van der Waals surface area contributed by atoms with Gasteiger partial charge in [0.2, 0.25) is 11.9 Å². The summed E-state index contributed by atoms with van der Waals surface area (Å²) in [7, 11) is 0. The van der Waals surface area contributed by atoms with E-state index in [1.165, 1.54) is 0 Å². The Morgan fingerprint density at radius 1 is 1.31 bits per heavy atom. The molecule has 0 spiro atoms. The second-order valence-electron chi connectivity index (χ2n) is 2.38. The van der Waals surface area contributed by atoms with E-state index in [0.29, 0.717) is 0 Å². The van der Waals surface area contributed by atoms with Gasteiger partial charge in [0.25, 0.3) is 5.56 Å². The monoisotopic (exact) mass is 181 g/mol. The largest absolute Gasteiger partial charge is 0.369 e. The van der Waals surface area contributed by atoms with Crippen molar-refractivity contribution in [2.24, 2.45) is 5.84 Å². The molecule has 0 aliphatic rings. The van der Waals surface area contributed by atoms with Crippen molar-refractivity contribution in [2.45, 2.75) is 0 Å². The van der Waals surface area contributed by atoms with E-state index in [1.54, 1.807) is 0 Å². The number of nitrogens with zero attached hydrogens (tertiary/aromatic N) is 2. The van der Waals surface area contributed by atoms with Crippen LogP contribution in [-0.4, -0.2) is 19.9 Å². The van der Waals surface area contributed by atoms with Gasteiger partial charge in [-0.25, -0.2) is 5.84 Å². The number of fused-ring (bicyclic) bond motifs is 1. The molecule has 0 aliphatic carbocycles. The number of hydrogen-bond acceptors (Lipinski definition) is 6. The van der Waals surface area contributed by atoms with Gasteiger partial charge in [0, 0.05) is 0 Å². The van der Waals surface area contributed by atoms with Crippen molar-refractivity contribution < 1.29 is 0 Å². The molecule has 0 bridgehead atoms. The molecule has 7 N–H and O–H groups in total. The molecule has 2 rings (SSSR count). The molecule has 0 aromatic carbocycles. The summed E-state index contributed by atoms with van der Waals surface area (Å²) >= 11 is 0. The molecule has 0 saturated carbocycles. The Kier molecular flexibility index (Phi) is 1.43. The Balaban J connectivity index is 2.83. The van der Waals surface area contributed by atoms with Crippen LogP contribution in [0.5, 0.6) is 0 Å². The number of nitrogen functional groups attached to an aromatic ring is 2. The number of nitrogens with two attached hydrogens (primary N) is 2. The van der Waals surface area contributed by atoms with Crippen LogP contribution in [0.15, 0.2) is 4.79 Å². The number of aromatic nitrogens is 4. The van der Waals surface area contributed by atoms with Crippen LogP contribution in [0, 0.1) is 0 Å². The molecule has 0 atom stereocenters. The molecular formula is C5H7N7O. The number of aromatic amines is 2. The smallest absolute Gasteiger partial charge is 0.278 e. The second-order valence-corrected chi connectivity index (χ2v) is 2.38. The van der Waals surface area contributed by atoms with Crippen LogP contribution < -0.4 is 22.6 Å². The second kappa shape index (κ2) is 2.45. The van der Waals surface area contributed by atoms with Crippen LogP contribution in [0.25, 0.3) is 11.2 Å². The lowest BCUT2D eigenvalue weighted by Gasteiger charge is -1.89. The van der Waals surface area contributed by atoms with Gasteiger partial charge in [-0.2, -0.15) is 9.97 Å². The Bertz CT molecular complexity index is 497. The van der Waals surface area contributed by atoms with Crippen molar-refractivity contribution in [3.8, 4) is 0 Å². The lowest BCUT2D eigenvalue weighted by molar-refractivity contribution is 1.17. The van der Waals surface area contributed by atoms with E-state index in [9.17, 15) is 4.79 Å². The van der Waals surface area contributed by atoms with Crippen molar-refractivity contribution in [1.29, 1.82) is 0 Å². The average Bonchev–Trinajstić information content (AvgIpc) is 2.47. The first-order valence-electron chi connectivity index (χ1n) is 3.43. The van der Waals surface area contributed by atoms with Crippen LogP contribution in [0.1, 0.15) is 0 Å². The molecule has 8 nitrogen and oxygen atoms in total. The predicted molar refractivity (Wildman–Crippen MR) is 46.7 cm³/mol. The Morgan fingerprint density at radius 3 is 2.77 bits per heavy atom. The predicted octanol–water partition coefficient (Wildman–Crippen LogP) is -1.49. The SMILES string of the molecule is NNc1nc2nc(N)[nH]c(=O)c2[nH]1. The maximum atomic E-state index is 11.2. The fourth-order valence-electron chi connectivity index (χ4n) is 0.992. The van der Waals surface area contributed by atoms with Crippen LogP contribution in [-0.2, 0) is 0 Å². The van der Waals surface area contributed by atoms with Crippen LogP contribution >= 0.6 is 0 Å². The summed E-state index contributed by atoms with van der Waals surface area (Å²) in [4.78, 5) is 23.8. The van der Waals surface area contributed by atoms with E-state index in [-0.39, 0.29) is 28.6 Å². The number of H-pyrrole nitrogens is 2. The van der Waals surface area contributed by atoms with Crippen molar-refractivity contribution >= 4 is 23.1 Å². The highest BCUT2D eigenvalue weighted by Gasteiger charge is 2.06. The third-order valence-corrected chi connectivity index (χ3v) is 1.52. The highest BCUT2D eigenvalue weighted by atomic mass is 16.1. The number of rotatable bonds is 1. The lowest BCUT2D eigenvalue weighted by Crippen LogP contribution is -2.11. The molecule has 0 unspecified atom stereocenters. The Labute approximate surface area is 71.3 Å². The van der Waals surface area contributed by atoms with Gasteiger partial charge < -0.3 is 10.7 Å². The number of hydrazine groups is 1. The van der Waals surface area contributed by atoms with E-state index in [4.69, 9.17) is 11.6 Å². The average molecular weight is 181 g/mol. The van der Waals surface area contributed by atoms with Gasteiger partial charge in [-0.15, -0.1) is 0 Å². The zero-order valence-corrected chi connectivity index (χ0v) is 6.46. The van der Waals surface area contributed by atoms with E-state index >= 15 is 0 Å². The highest BCUT2D eigenvalue weighted by Crippen LogP contribution is 2.06. The topological polar surface area (TPSA) is 138 Å². The third-order valence-electron chi connectivity index (χ3n) is 1.52. The maximum absolute atomic E-state index is 11.2. The Morgan fingerprint density at radius 2 is 2.08 bits per heavy atom. The fourth-order valence-corrected chi connectivity index (χ4v) is 0.992. The minimum atomic E-state index is -0.378. The number of imidazole rings is 1. The van der Waals surface area contributed by atoms with Gasteiger partial charge >= 0.3 is 0 Å². The summed E-state index contributed by atoms with van der Waals surface area (Å²) < 4.78 is 0. The molecule has 0 fully saturated rings. The van der Waals surface area contributed by atoms with Gasteiger partial charge in [-0.1, -0.05) is 0 Å². The summed E-state index contributed by atoms with van der Waals surface area (Å²) in [6.07, 6.45) is 0. The molecule has 0 amide bonds. The van der Waals surface area contributed by atoms with Gasteiger partial charge in [0.05, 0.1) is 0 Å². The molecule has 8 heteroatoms. The summed E-state index contributed by atoms with van der Waals surface area (Å²) in [5.41, 5.74) is 7.66. The molecule has 2 aromatic heterocycles. The van der Waals surface area contributed by atoms with E-state index in [0.717, 1.165) is 0 Å². The van der Waals surface area contributed by atoms with Crippen molar-refractivity contribution in [3.63, 3.8) is 0 Å². The minimum absolute atomic E-state index is 0.0209. The first-order valence-corrected chi connectivity index (χ1v) is 3.43. The molecule has 13 heavy (non-hydrogen) atoms. The Hall–Kier alpha value is -2.09. The zero-order chi connectivity index (χ0) is 9.42. The molecule has 0 radical (unpaired) electrons. The fraction of sp³-hybridized carbons (Fsp3) is 0. The minimum Gasteiger partial charge on any atom is -0.369 e. The molecule has 2 aromatic rings. The summed E-state index contributed by atoms with van der Waals surface area (Å²) in [6, 6.07) is 0. The first-order chi connectivity index (χ1) is 6.20. The number of nitrogens with one attached hydrogen (secondary N) is 3. The molecule has 2 heterocycles. The van der Waals surface area contributed by atoms with Crippen molar-refractivity contribution in [2.75, 3.05) is 11.2 Å². The van der Waals surface area contributed by atoms with E-state index in [2.05, 4.69) is 25.4 Å². The molecule has 0 saturated heterocycles. The van der Waals surface area contributed by atoms with Gasteiger partial charge in [-0.05, 0) is 0 Å². The van der Waals surface area contributed by atoms with Crippen LogP contribution in [0.2, 0.25) is 0 Å². The molecule has 68 valence electrons. The standard InChI is InChI=1S/C5H7N7O/c6-4-9-2-1(3(13)11-4)8-5(10-2)12-7/h7H2,(H5,6,8,9,10,11,12,13). The number of hydrogen-bond donors (Lipinski definition) is 5. The number of anilines is 2. The van der Waals surface area contributed by atoms with E-state index < -0.39 is 0 Å². The molecular weight excluding hydrogens is 174 g/mol. The first kappa shape index (κ1) is 7.55. The normalized spacial score (nSPS) is 10.5. The summed E-state index contributed by atoms with van der Waals surface area (Å²) in [5.74, 6) is 5.37. The highest BCUT2D eigenvalue weighted by molar-refractivity contribution is 5.72. The van der Waals surface area contributed by atoms with Crippen LogP contribution in [0.3, 0.4) is 0 Å². The summed E-state index contributed by atoms with van der Waals surface area (Å²) in [5, 5.41) is 0. The quantitative estimate of drug-likeness (QED) is 0.268. The lowest BCUT2D eigenvalue weighted by atomic mass is 10.5. The molecule has 0 aliphatic heterocycles. The van der Waals surface area contributed by atoms with Gasteiger partial charge in [0.1, 0.15) is 0 Å².